The Labute approximate surface area is 111 Å². The highest BCUT2D eigenvalue weighted by Crippen LogP contribution is 2.28. The first-order valence-electron chi connectivity index (χ1n) is 5.37. The Morgan fingerprint density at radius 2 is 1.95 bits per heavy atom. The van der Waals surface area contributed by atoms with Crippen molar-refractivity contribution >= 4 is 10.2 Å². The molecule has 0 radical (unpaired) electrons. The fourth-order valence-electron chi connectivity index (χ4n) is 1.71. The van der Waals surface area contributed by atoms with Crippen molar-refractivity contribution in [3.63, 3.8) is 0 Å². The summed E-state index contributed by atoms with van der Waals surface area (Å²) in [5, 5.41) is 9.18. The summed E-state index contributed by atoms with van der Waals surface area (Å²) < 4.78 is 36.4. The molecule has 0 unspecified atom stereocenters. The smallest absolute Gasteiger partial charge is 0.326 e. The van der Waals surface area contributed by atoms with Gasteiger partial charge in [0.25, 0.3) is 0 Å². The molecule has 7 nitrogen and oxygen atoms in total. The SMILES string of the molecule is COc1ccc(CN2C=C(O)NS2(=O)=O)cc1OC. The maximum Gasteiger partial charge on any atom is 0.326 e. The molecule has 1 aromatic rings. The van der Waals surface area contributed by atoms with Crippen LogP contribution >= 0.6 is 0 Å². The number of nitrogens with zero attached hydrogens (tertiary/aromatic N) is 1. The zero-order valence-corrected chi connectivity index (χ0v) is 11.3. The lowest BCUT2D eigenvalue weighted by atomic mass is 10.2. The Bertz CT molecular complexity index is 612. The van der Waals surface area contributed by atoms with Crippen LogP contribution < -0.4 is 14.2 Å². The van der Waals surface area contributed by atoms with E-state index in [0.29, 0.717) is 17.1 Å². The molecular formula is C11H14N2O5S. The molecule has 19 heavy (non-hydrogen) atoms. The van der Waals surface area contributed by atoms with Crippen molar-refractivity contribution in [2.24, 2.45) is 0 Å². The summed E-state index contributed by atoms with van der Waals surface area (Å²) in [6, 6.07) is 5.09. The molecule has 104 valence electrons. The van der Waals surface area contributed by atoms with Crippen LogP contribution in [-0.4, -0.2) is 32.0 Å². The number of rotatable bonds is 4. The van der Waals surface area contributed by atoms with Gasteiger partial charge in [0.1, 0.15) is 0 Å². The predicted molar refractivity (Wildman–Crippen MR) is 67.9 cm³/mol. The molecule has 8 heteroatoms. The molecule has 0 aliphatic carbocycles. The first-order chi connectivity index (χ1) is 8.96. The molecule has 1 aromatic carbocycles. The van der Waals surface area contributed by atoms with Crippen LogP contribution in [-0.2, 0) is 16.8 Å². The average Bonchev–Trinajstić information content (AvgIpc) is 2.62. The number of hydrogen-bond acceptors (Lipinski definition) is 5. The summed E-state index contributed by atoms with van der Waals surface area (Å²) in [7, 11) is -0.679. The molecule has 2 N–H and O–H groups in total. The van der Waals surface area contributed by atoms with Crippen LogP contribution in [0, 0.1) is 0 Å². The van der Waals surface area contributed by atoms with Gasteiger partial charge >= 0.3 is 10.2 Å². The fraction of sp³-hybridized carbons (Fsp3) is 0.273. The minimum atomic E-state index is -3.70. The van der Waals surface area contributed by atoms with Crippen molar-refractivity contribution < 1.29 is 23.0 Å². The van der Waals surface area contributed by atoms with Crippen LogP contribution in [0.25, 0.3) is 0 Å². The fourth-order valence-corrected chi connectivity index (χ4v) is 2.70. The normalized spacial score (nSPS) is 16.7. The van der Waals surface area contributed by atoms with Gasteiger partial charge in [-0.1, -0.05) is 6.07 Å². The molecule has 0 atom stereocenters. The predicted octanol–water partition coefficient (Wildman–Crippen LogP) is 0.711. The number of methoxy groups -OCH3 is 2. The molecule has 1 aliphatic rings. The molecule has 1 aliphatic heterocycles. The van der Waals surface area contributed by atoms with Crippen molar-refractivity contribution in [2.75, 3.05) is 14.2 Å². The van der Waals surface area contributed by atoms with Gasteiger partial charge in [0.05, 0.1) is 27.0 Å². The molecule has 0 aromatic heterocycles. The summed E-state index contributed by atoms with van der Waals surface area (Å²) in [5.41, 5.74) is 0.703. The van der Waals surface area contributed by atoms with Crippen molar-refractivity contribution in [3.05, 3.63) is 35.8 Å². The summed E-state index contributed by atoms with van der Waals surface area (Å²) in [6.45, 7) is 0.0831. The van der Waals surface area contributed by atoms with Crippen LogP contribution in [0.3, 0.4) is 0 Å². The average molecular weight is 286 g/mol. The first-order valence-corrected chi connectivity index (χ1v) is 6.81. The molecule has 0 fully saturated rings. The minimum Gasteiger partial charge on any atom is -0.493 e. The molecule has 0 saturated carbocycles. The third kappa shape index (κ3) is 2.68. The lowest BCUT2D eigenvalue weighted by Crippen LogP contribution is -2.29. The largest absolute Gasteiger partial charge is 0.493 e. The number of benzene rings is 1. The minimum absolute atomic E-state index is 0.0831. The molecule has 0 amide bonds. The van der Waals surface area contributed by atoms with E-state index in [1.807, 2.05) is 4.72 Å². The number of hydrogen-bond donors (Lipinski definition) is 2. The molecule has 2 rings (SSSR count). The molecule has 0 saturated heterocycles. The Morgan fingerprint density at radius 1 is 1.26 bits per heavy atom. The van der Waals surface area contributed by atoms with E-state index >= 15 is 0 Å². The first kappa shape index (κ1) is 13.3. The second-order valence-corrected chi connectivity index (χ2v) is 5.48. The highest BCUT2D eigenvalue weighted by atomic mass is 32.2. The van der Waals surface area contributed by atoms with Crippen LogP contribution in [0.5, 0.6) is 11.5 Å². The standard InChI is InChI=1S/C11H14N2O5S/c1-17-9-4-3-8(5-10(9)18-2)6-13-7-11(14)12-19(13,15)16/h3-5,7,12,14H,6H2,1-2H3. The lowest BCUT2D eigenvalue weighted by molar-refractivity contribution is 0.354. The summed E-state index contributed by atoms with van der Waals surface area (Å²) in [6.07, 6.45) is 1.12. The summed E-state index contributed by atoms with van der Waals surface area (Å²) >= 11 is 0. The van der Waals surface area contributed by atoms with Crippen LogP contribution in [0.15, 0.2) is 30.3 Å². The van der Waals surface area contributed by atoms with Gasteiger partial charge in [0, 0.05) is 0 Å². The Hall–Kier alpha value is -2.09. The number of nitrogens with one attached hydrogen (secondary N) is 1. The van der Waals surface area contributed by atoms with Gasteiger partial charge in [-0.05, 0) is 17.7 Å². The number of aliphatic hydroxyl groups excluding tert-OH is 1. The second-order valence-electron chi connectivity index (χ2n) is 3.86. The highest BCUT2D eigenvalue weighted by molar-refractivity contribution is 7.87. The van der Waals surface area contributed by atoms with E-state index in [-0.39, 0.29) is 6.54 Å². The van der Waals surface area contributed by atoms with Crippen molar-refractivity contribution in [1.82, 2.24) is 9.03 Å². The van der Waals surface area contributed by atoms with E-state index in [0.717, 1.165) is 10.5 Å². The second kappa shape index (κ2) is 4.88. The third-order valence-electron chi connectivity index (χ3n) is 2.59. The Kier molecular flexibility index (Phi) is 3.43. The zero-order chi connectivity index (χ0) is 14.0. The van der Waals surface area contributed by atoms with Crippen LogP contribution in [0.2, 0.25) is 0 Å². The summed E-state index contributed by atoms with van der Waals surface area (Å²) in [4.78, 5) is 0. The van der Waals surface area contributed by atoms with Crippen molar-refractivity contribution in [1.29, 1.82) is 0 Å². The number of aliphatic hydroxyl groups is 1. The summed E-state index contributed by atoms with van der Waals surface area (Å²) in [5.74, 6) is 0.672. The Morgan fingerprint density at radius 3 is 2.47 bits per heavy atom. The van der Waals surface area contributed by atoms with E-state index in [2.05, 4.69) is 0 Å². The van der Waals surface area contributed by atoms with Crippen molar-refractivity contribution in [2.45, 2.75) is 6.54 Å². The Balaban J connectivity index is 2.25. The highest BCUT2D eigenvalue weighted by Gasteiger charge is 2.27. The maximum atomic E-state index is 11.6. The van der Waals surface area contributed by atoms with Gasteiger partial charge in [-0.15, -0.1) is 0 Å². The quantitative estimate of drug-likeness (QED) is 0.851. The van der Waals surface area contributed by atoms with E-state index in [9.17, 15) is 13.5 Å². The molecule has 0 bridgehead atoms. The number of ether oxygens (including phenoxy) is 2. The van der Waals surface area contributed by atoms with Gasteiger partial charge < -0.3 is 14.6 Å². The third-order valence-corrected chi connectivity index (χ3v) is 3.91. The van der Waals surface area contributed by atoms with E-state index in [1.165, 1.54) is 14.2 Å². The monoisotopic (exact) mass is 286 g/mol. The van der Waals surface area contributed by atoms with Gasteiger partial charge in [0.15, 0.2) is 11.5 Å². The van der Waals surface area contributed by atoms with Gasteiger partial charge in [0.2, 0.25) is 5.88 Å². The van der Waals surface area contributed by atoms with E-state index < -0.39 is 16.1 Å². The maximum absolute atomic E-state index is 11.6. The van der Waals surface area contributed by atoms with Crippen molar-refractivity contribution in [3.8, 4) is 11.5 Å². The van der Waals surface area contributed by atoms with Gasteiger partial charge in [-0.3, -0.25) is 4.31 Å². The lowest BCUT2D eigenvalue weighted by Gasteiger charge is -2.15. The van der Waals surface area contributed by atoms with Crippen LogP contribution in [0.1, 0.15) is 5.56 Å². The topological polar surface area (TPSA) is 88.1 Å². The zero-order valence-electron chi connectivity index (χ0n) is 10.5. The van der Waals surface area contributed by atoms with E-state index in [4.69, 9.17) is 9.47 Å². The van der Waals surface area contributed by atoms with Gasteiger partial charge in [-0.2, -0.15) is 8.42 Å². The molecule has 0 spiro atoms. The van der Waals surface area contributed by atoms with Gasteiger partial charge in [-0.25, -0.2) is 4.72 Å². The van der Waals surface area contributed by atoms with E-state index in [1.54, 1.807) is 18.2 Å². The molecular weight excluding hydrogens is 272 g/mol. The van der Waals surface area contributed by atoms with Crippen LogP contribution in [0.4, 0.5) is 0 Å². The molecule has 1 heterocycles.